The number of hydrogen-bond acceptors (Lipinski definition) is 1. The number of hydrogen-bond donors (Lipinski definition) is 0. The first kappa shape index (κ1) is 23.4. The van der Waals surface area contributed by atoms with Gasteiger partial charge in [0, 0.05) is 11.1 Å². The summed E-state index contributed by atoms with van der Waals surface area (Å²) in [5.74, 6) is -4.22. The lowest BCUT2D eigenvalue weighted by molar-refractivity contribution is 0.295. The maximum Gasteiger partial charge on any atom is 0.201 e. The molecule has 0 heterocycles. The van der Waals surface area contributed by atoms with E-state index in [4.69, 9.17) is 4.74 Å². The zero-order valence-corrected chi connectivity index (χ0v) is 18.2. The van der Waals surface area contributed by atoms with Crippen molar-refractivity contribution in [3.8, 4) is 16.9 Å². The molecule has 0 unspecified atom stereocenters. The third kappa shape index (κ3) is 5.31. The van der Waals surface area contributed by atoms with E-state index in [1.165, 1.54) is 24.3 Å². The minimum atomic E-state index is -1.24. The average Bonchev–Trinajstić information content (AvgIpc) is 2.78. The monoisotopic (exact) mass is 434 g/mol. The van der Waals surface area contributed by atoms with Gasteiger partial charge in [0.1, 0.15) is 0 Å². The number of rotatable bonds is 8. The average molecular weight is 435 g/mol. The van der Waals surface area contributed by atoms with Crippen molar-refractivity contribution in [2.45, 2.75) is 64.7 Å². The van der Waals surface area contributed by atoms with E-state index in [9.17, 15) is 17.6 Å². The van der Waals surface area contributed by atoms with E-state index < -0.39 is 23.3 Å². The van der Waals surface area contributed by atoms with E-state index >= 15 is 0 Å². The number of ether oxygens (including phenoxy) is 1. The highest BCUT2D eigenvalue weighted by Crippen LogP contribution is 2.40. The molecule has 0 atom stereocenters. The molecule has 2 aromatic carbocycles. The summed E-state index contributed by atoms with van der Waals surface area (Å²) < 4.78 is 63.9. The lowest BCUT2D eigenvalue weighted by Gasteiger charge is -2.28. The number of allylic oxidation sites excluding steroid dienone is 2. The van der Waals surface area contributed by atoms with Crippen LogP contribution < -0.4 is 4.74 Å². The zero-order valence-electron chi connectivity index (χ0n) is 18.2. The Bertz CT molecular complexity index is 914. The highest BCUT2D eigenvalue weighted by atomic mass is 19.2. The summed E-state index contributed by atoms with van der Waals surface area (Å²) in [6.45, 7) is 4.19. The van der Waals surface area contributed by atoms with Crippen molar-refractivity contribution in [1.82, 2.24) is 0 Å². The second kappa shape index (κ2) is 10.8. The summed E-state index contributed by atoms with van der Waals surface area (Å²) in [6.07, 6.45) is 10.6. The largest absolute Gasteiger partial charge is 0.490 e. The summed E-state index contributed by atoms with van der Waals surface area (Å²) in [7, 11) is 0. The molecule has 1 saturated carbocycles. The molecule has 0 aliphatic heterocycles. The second-order valence-electron chi connectivity index (χ2n) is 8.25. The lowest BCUT2D eigenvalue weighted by Crippen LogP contribution is -2.14. The molecule has 0 saturated heterocycles. The molecule has 0 amide bonds. The highest BCUT2D eigenvalue weighted by molar-refractivity contribution is 5.66. The van der Waals surface area contributed by atoms with Gasteiger partial charge in [-0.1, -0.05) is 38.1 Å². The minimum Gasteiger partial charge on any atom is -0.490 e. The first-order chi connectivity index (χ1) is 15.0. The molecule has 2 aromatic rings. The van der Waals surface area contributed by atoms with Crippen LogP contribution in [0.1, 0.15) is 70.3 Å². The summed E-state index contributed by atoms with van der Waals surface area (Å²) in [4.78, 5) is 0. The summed E-state index contributed by atoms with van der Waals surface area (Å²) in [5.41, 5.74) is -0.263. The van der Waals surface area contributed by atoms with Crippen LogP contribution in [0.25, 0.3) is 11.1 Å². The second-order valence-corrected chi connectivity index (χ2v) is 8.25. The number of halogens is 4. The van der Waals surface area contributed by atoms with Crippen LogP contribution in [-0.2, 0) is 0 Å². The molecule has 168 valence electrons. The molecule has 0 N–H and O–H groups in total. The van der Waals surface area contributed by atoms with Crippen LogP contribution in [0.3, 0.4) is 0 Å². The molecule has 5 heteroatoms. The van der Waals surface area contributed by atoms with Crippen LogP contribution in [0.5, 0.6) is 5.75 Å². The molecular formula is C26H30F4O. The van der Waals surface area contributed by atoms with Crippen molar-refractivity contribution in [3.63, 3.8) is 0 Å². The van der Waals surface area contributed by atoms with Crippen molar-refractivity contribution in [1.29, 1.82) is 0 Å². The van der Waals surface area contributed by atoms with E-state index in [0.29, 0.717) is 17.9 Å². The Morgan fingerprint density at radius 2 is 1.45 bits per heavy atom. The first-order valence-corrected chi connectivity index (χ1v) is 11.2. The van der Waals surface area contributed by atoms with Crippen LogP contribution >= 0.6 is 0 Å². The Kier molecular flexibility index (Phi) is 8.16. The van der Waals surface area contributed by atoms with Gasteiger partial charge in [-0.3, -0.25) is 0 Å². The van der Waals surface area contributed by atoms with Crippen LogP contribution in [0.4, 0.5) is 17.6 Å². The molecular weight excluding hydrogens is 404 g/mol. The summed E-state index contributed by atoms with van der Waals surface area (Å²) >= 11 is 0. The Hall–Kier alpha value is -2.30. The molecule has 3 rings (SSSR count). The molecule has 1 nitrogen and oxygen atoms in total. The van der Waals surface area contributed by atoms with Crippen LogP contribution in [-0.4, -0.2) is 6.61 Å². The maximum atomic E-state index is 14.9. The molecule has 0 bridgehead atoms. The normalized spacial score (nSPS) is 19.2. The number of benzene rings is 2. The maximum absolute atomic E-state index is 14.9. The van der Waals surface area contributed by atoms with Crippen molar-refractivity contribution in [3.05, 3.63) is 65.2 Å². The third-order valence-corrected chi connectivity index (χ3v) is 6.07. The molecule has 1 fully saturated rings. The summed E-state index contributed by atoms with van der Waals surface area (Å²) in [5, 5.41) is 0. The van der Waals surface area contributed by atoms with Gasteiger partial charge in [-0.15, -0.1) is 0 Å². The van der Waals surface area contributed by atoms with Gasteiger partial charge in [0.15, 0.2) is 23.2 Å². The van der Waals surface area contributed by atoms with Gasteiger partial charge >= 0.3 is 0 Å². The Morgan fingerprint density at radius 1 is 0.806 bits per heavy atom. The fraction of sp³-hybridized carbons (Fsp3) is 0.462. The highest BCUT2D eigenvalue weighted by Gasteiger charge is 2.27. The van der Waals surface area contributed by atoms with Crippen molar-refractivity contribution < 1.29 is 22.3 Å². The Morgan fingerprint density at radius 3 is 2.10 bits per heavy atom. The molecule has 31 heavy (non-hydrogen) atoms. The van der Waals surface area contributed by atoms with Crippen molar-refractivity contribution >= 4 is 0 Å². The van der Waals surface area contributed by atoms with E-state index in [1.54, 1.807) is 0 Å². The van der Waals surface area contributed by atoms with E-state index in [2.05, 4.69) is 19.1 Å². The smallest absolute Gasteiger partial charge is 0.201 e. The molecule has 0 aromatic heterocycles. The van der Waals surface area contributed by atoms with Gasteiger partial charge in [-0.05, 0) is 74.5 Å². The summed E-state index contributed by atoms with van der Waals surface area (Å²) in [6, 6.07) is 5.36. The molecule has 0 radical (unpaired) electrons. The van der Waals surface area contributed by atoms with E-state index in [-0.39, 0.29) is 29.4 Å². The van der Waals surface area contributed by atoms with Gasteiger partial charge < -0.3 is 4.74 Å². The fourth-order valence-corrected chi connectivity index (χ4v) is 4.32. The van der Waals surface area contributed by atoms with Gasteiger partial charge in [-0.25, -0.2) is 13.2 Å². The predicted octanol–water partition coefficient (Wildman–Crippen LogP) is 8.33. The Balaban J connectivity index is 1.79. The van der Waals surface area contributed by atoms with Crippen molar-refractivity contribution in [2.24, 2.45) is 5.92 Å². The van der Waals surface area contributed by atoms with Gasteiger partial charge in [0.05, 0.1) is 6.61 Å². The van der Waals surface area contributed by atoms with E-state index in [0.717, 1.165) is 38.5 Å². The van der Waals surface area contributed by atoms with Crippen LogP contribution in [0, 0.1) is 29.2 Å². The fourth-order valence-electron chi connectivity index (χ4n) is 4.32. The minimum absolute atomic E-state index is 0.0543. The van der Waals surface area contributed by atoms with E-state index in [1.807, 2.05) is 6.92 Å². The lowest BCUT2D eigenvalue weighted by atomic mass is 9.77. The molecule has 1 aliphatic rings. The zero-order chi connectivity index (χ0) is 22.4. The molecule has 1 aliphatic carbocycles. The third-order valence-electron chi connectivity index (χ3n) is 6.07. The first-order valence-electron chi connectivity index (χ1n) is 11.2. The van der Waals surface area contributed by atoms with Crippen LogP contribution in [0.2, 0.25) is 0 Å². The van der Waals surface area contributed by atoms with Gasteiger partial charge in [-0.2, -0.15) is 4.39 Å². The Labute approximate surface area is 182 Å². The van der Waals surface area contributed by atoms with Gasteiger partial charge in [0.2, 0.25) is 5.82 Å². The van der Waals surface area contributed by atoms with Gasteiger partial charge in [0.25, 0.3) is 0 Å². The molecule has 0 spiro atoms. The quantitative estimate of drug-likeness (QED) is 0.300. The topological polar surface area (TPSA) is 9.23 Å². The predicted molar refractivity (Wildman–Crippen MR) is 116 cm³/mol. The van der Waals surface area contributed by atoms with Crippen LogP contribution in [0.15, 0.2) is 36.4 Å². The standard InChI is InChI=1S/C26H30F4O/c1-3-5-6-7-17-8-10-18(11-9-17)19-12-13-20(24(28)23(19)27)21-14-15-22(31-16-4-2)26(30)25(21)29/h5-6,12-15,17-18H,3-4,7-11,16H2,1-2H3/b6-5-. The SMILES string of the molecule is CC/C=C\CC1CCC(c2ccc(-c3ccc(OCCC)c(F)c3F)c(F)c2F)CC1. The van der Waals surface area contributed by atoms with Crippen molar-refractivity contribution in [2.75, 3.05) is 6.61 Å².